The molecule has 0 bridgehead atoms. The molecular weight excluding hydrogens is 748 g/mol. The van der Waals surface area contributed by atoms with Crippen LogP contribution in [0.3, 0.4) is 0 Å². The first kappa shape index (κ1) is 36.9. The monoisotopic (exact) mass is 776 g/mol. The number of rotatable bonds is 11. The maximum Gasteiger partial charge on any atom is 0.459 e. The van der Waals surface area contributed by atoms with Crippen LogP contribution in [0.4, 0.5) is 19.0 Å². The number of esters is 1. The number of hydrogen-bond donors (Lipinski definition) is 5. The van der Waals surface area contributed by atoms with E-state index in [1.165, 1.54) is 54.1 Å². The minimum absolute atomic E-state index is 0.0683. The Labute approximate surface area is 292 Å². The van der Waals surface area contributed by atoms with Gasteiger partial charge in [0.15, 0.2) is 12.0 Å². The standard InChI is InChI=1S/C29H29ClF3N6O10PS/c1-28(42)23(40)21(48-27(28)39-11-10-18-24(34-14-35-25(18)39)36-38-51(2,44)45)13-47-50(43,49-16-8-6-15(30)7-9-16)37-22-17-4-3-5-20(29(31,32)33)19(17)12-46-26(22)41/h3-11,14,21-23,27,38,40,42H,12-13H2,1-2H3,(H,37,43)(H,34,35,36)/t21?,22?,23-,27?,28-,50?/m1/s1. The van der Waals surface area contributed by atoms with E-state index in [9.17, 15) is 41.2 Å². The van der Waals surface area contributed by atoms with E-state index in [1.54, 1.807) is 0 Å². The number of nitrogens with one attached hydrogen (secondary N) is 3. The zero-order valence-electron chi connectivity index (χ0n) is 26.4. The lowest BCUT2D eigenvalue weighted by molar-refractivity contribution is -0.152. The molecule has 22 heteroatoms. The number of fused-ring (bicyclic) bond motifs is 2. The number of aromatic nitrogens is 3. The fourth-order valence-corrected chi connectivity index (χ4v) is 7.50. The van der Waals surface area contributed by atoms with Gasteiger partial charge in [-0.1, -0.05) is 23.7 Å². The second-order valence-corrected chi connectivity index (χ2v) is 15.6. The quantitative estimate of drug-likeness (QED) is 0.0838. The number of carbonyl (C=O) groups is 1. The van der Waals surface area contributed by atoms with Gasteiger partial charge in [0.05, 0.1) is 23.8 Å². The van der Waals surface area contributed by atoms with Gasteiger partial charge in [0.2, 0.25) is 10.0 Å². The first-order chi connectivity index (χ1) is 23.9. The second kappa shape index (κ2) is 13.6. The van der Waals surface area contributed by atoms with E-state index in [-0.39, 0.29) is 28.3 Å². The van der Waals surface area contributed by atoms with Crippen molar-refractivity contribution >= 4 is 52.2 Å². The third-order valence-electron chi connectivity index (χ3n) is 8.03. The van der Waals surface area contributed by atoms with Crippen molar-refractivity contribution < 1.29 is 59.7 Å². The van der Waals surface area contributed by atoms with E-state index < -0.39 is 78.8 Å². The largest absolute Gasteiger partial charge is 0.459 e. The van der Waals surface area contributed by atoms with Crippen molar-refractivity contribution in [1.29, 1.82) is 0 Å². The van der Waals surface area contributed by atoms with Crippen LogP contribution in [0.15, 0.2) is 61.1 Å². The van der Waals surface area contributed by atoms with E-state index in [4.69, 9.17) is 30.1 Å². The molecule has 274 valence electrons. The predicted octanol–water partition coefficient (Wildman–Crippen LogP) is 3.58. The highest BCUT2D eigenvalue weighted by Gasteiger charge is 2.54. The summed E-state index contributed by atoms with van der Waals surface area (Å²) in [7, 11) is -8.44. The number of halogens is 4. The van der Waals surface area contributed by atoms with Crippen molar-refractivity contribution in [1.82, 2.24) is 24.5 Å². The zero-order chi connectivity index (χ0) is 36.9. The highest BCUT2D eigenvalue weighted by Crippen LogP contribution is 2.50. The number of alkyl halides is 3. The normalized spacial score (nSPS) is 24.9. The Bertz CT molecular complexity index is 2120. The van der Waals surface area contributed by atoms with Crippen molar-refractivity contribution in [3.63, 3.8) is 0 Å². The van der Waals surface area contributed by atoms with Crippen molar-refractivity contribution in [2.75, 3.05) is 18.3 Å². The fraction of sp³-hybridized carbons (Fsp3) is 0.345. The number of cyclic esters (lactones) is 1. The summed E-state index contributed by atoms with van der Waals surface area (Å²) in [4.78, 5) is 23.2. The van der Waals surface area contributed by atoms with Crippen LogP contribution in [0.2, 0.25) is 5.02 Å². The van der Waals surface area contributed by atoms with Gasteiger partial charge in [0, 0.05) is 16.8 Å². The van der Waals surface area contributed by atoms with E-state index in [1.807, 2.05) is 0 Å². The molecule has 4 heterocycles. The van der Waals surface area contributed by atoms with Crippen molar-refractivity contribution in [2.24, 2.45) is 0 Å². The molecule has 6 rings (SSSR count). The summed E-state index contributed by atoms with van der Waals surface area (Å²) in [5, 5.41) is 25.6. The van der Waals surface area contributed by atoms with E-state index >= 15 is 0 Å². The molecule has 16 nitrogen and oxygen atoms in total. The van der Waals surface area contributed by atoms with E-state index in [0.29, 0.717) is 10.4 Å². The van der Waals surface area contributed by atoms with Gasteiger partial charge in [0.25, 0.3) is 0 Å². The molecule has 0 spiro atoms. The minimum atomic E-state index is -4.79. The Morgan fingerprint density at radius 3 is 2.59 bits per heavy atom. The second-order valence-electron chi connectivity index (χ2n) is 11.8. The minimum Gasteiger partial charge on any atom is -0.459 e. The molecule has 2 aromatic carbocycles. The summed E-state index contributed by atoms with van der Waals surface area (Å²) in [6.45, 7) is -0.175. The summed E-state index contributed by atoms with van der Waals surface area (Å²) in [6.07, 6.45) is -5.77. The third-order valence-corrected chi connectivity index (χ3v) is 10.3. The molecule has 5 N–H and O–H groups in total. The first-order valence-corrected chi connectivity index (χ1v) is 18.6. The molecule has 0 amide bonds. The molecule has 2 aliphatic rings. The summed E-state index contributed by atoms with van der Waals surface area (Å²) < 4.78 is 103. The predicted molar refractivity (Wildman–Crippen MR) is 172 cm³/mol. The topological polar surface area (TPSA) is 212 Å². The van der Waals surface area contributed by atoms with Gasteiger partial charge in [-0.15, -0.1) is 4.83 Å². The number of benzene rings is 2. The van der Waals surface area contributed by atoms with E-state index in [0.717, 1.165) is 24.7 Å². The Morgan fingerprint density at radius 2 is 1.90 bits per heavy atom. The lowest BCUT2D eigenvalue weighted by Gasteiger charge is -2.30. The van der Waals surface area contributed by atoms with Crippen LogP contribution in [0.25, 0.3) is 11.0 Å². The summed E-state index contributed by atoms with van der Waals surface area (Å²) in [5.41, 5.74) is -1.01. The number of nitrogens with zero attached hydrogens (tertiary/aromatic N) is 3. The fourth-order valence-electron chi connectivity index (χ4n) is 5.61. The van der Waals surface area contributed by atoms with Crippen LogP contribution in [0.1, 0.15) is 35.9 Å². The molecule has 0 saturated carbocycles. The molecule has 1 saturated heterocycles. The third kappa shape index (κ3) is 7.69. The summed E-state index contributed by atoms with van der Waals surface area (Å²) in [6, 6.07) is 8.35. The average molecular weight is 777 g/mol. The molecule has 4 aromatic rings. The van der Waals surface area contributed by atoms with Crippen molar-refractivity contribution in [3.05, 3.63) is 82.8 Å². The average Bonchev–Trinajstić information content (AvgIpc) is 3.58. The molecule has 1 fully saturated rings. The Hall–Kier alpha value is -3.85. The van der Waals surface area contributed by atoms with Crippen LogP contribution in [0.5, 0.6) is 5.75 Å². The lowest BCUT2D eigenvalue weighted by Crippen LogP contribution is -2.44. The SMILES string of the molecule is C[C@]1(O)C(n2ccc3c(NNS(C)(=O)=O)ncnc32)OC(COP(=O)(NC2C(=O)OCc3c2cccc3C(F)(F)F)Oc2ccc(Cl)cc2)[C@H]1O. The number of hydrogen-bond acceptors (Lipinski definition) is 13. The van der Waals surface area contributed by atoms with E-state index in [2.05, 4.69) is 25.3 Å². The Balaban J connectivity index is 1.28. The number of sulfonamides is 1. The lowest BCUT2D eigenvalue weighted by atomic mass is 9.94. The van der Waals surface area contributed by atoms with Gasteiger partial charge in [0.1, 0.15) is 48.2 Å². The first-order valence-electron chi connectivity index (χ1n) is 14.8. The van der Waals surface area contributed by atoms with Crippen LogP contribution >= 0.6 is 19.3 Å². The smallest absolute Gasteiger partial charge is 0.459 e. The van der Waals surface area contributed by atoms with Crippen LogP contribution in [0, 0.1) is 0 Å². The maximum absolute atomic E-state index is 14.4. The van der Waals surface area contributed by atoms with Gasteiger partial charge >= 0.3 is 19.9 Å². The van der Waals surface area contributed by atoms with Crippen molar-refractivity contribution in [2.45, 2.75) is 49.8 Å². The Morgan fingerprint density at radius 1 is 1.18 bits per heavy atom. The molecule has 6 atom stereocenters. The number of aliphatic hydroxyl groups is 2. The number of anilines is 1. The highest BCUT2D eigenvalue weighted by atomic mass is 35.5. The van der Waals surface area contributed by atoms with Gasteiger partial charge in [-0.05, 0) is 48.9 Å². The number of ether oxygens (including phenoxy) is 2. The molecule has 2 aliphatic heterocycles. The number of carbonyl (C=O) groups excluding carboxylic acids is 1. The van der Waals surface area contributed by atoms with Gasteiger partial charge < -0.3 is 28.8 Å². The zero-order valence-corrected chi connectivity index (χ0v) is 28.8. The van der Waals surface area contributed by atoms with Crippen molar-refractivity contribution in [3.8, 4) is 5.75 Å². The number of aliphatic hydroxyl groups excluding tert-OH is 1. The van der Waals surface area contributed by atoms with Crippen LogP contribution in [-0.2, 0) is 46.2 Å². The molecule has 4 unspecified atom stereocenters. The Kier molecular flexibility index (Phi) is 9.85. The molecular formula is C29H29ClF3N6O10PS. The van der Waals surface area contributed by atoms with Gasteiger partial charge in [-0.3, -0.25) is 9.95 Å². The molecule has 0 aliphatic carbocycles. The molecule has 2 aromatic heterocycles. The summed E-state index contributed by atoms with van der Waals surface area (Å²) in [5.74, 6) is -1.07. The molecule has 51 heavy (non-hydrogen) atoms. The van der Waals surface area contributed by atoms with Gasteiger partial charge in [-0.2, -0.15) is 18.3 Å². The summed E-state index contributed by atoms with van der Waals surface area (Å²) >= 11 is 5.96. The van der Waals surface area contributed by atoms with Gasteiger partial charge in [-0.25, -0.2) is 27.7 Å². The molecule has 0 radical (unpaired) electrons. The number of hydrazine groups is 1. The van der Waals surface area contributed by atoms with Crippen LogP contribution < -0.4 is 19.9 Å². The maximum atomic E-state index is 14.4. The van der Waals surface area contributed by atoms with Crippen LogP contribution in [-0.4, -0.2) is 69.8 Å². The highest BCUT2D eigenvalue weighted by molar-refractivity contribution is 7.88.